The van der Waals surface area contributed by atoms with Gasteiger partial charge in [-0.05, 0) is 43.7 Å². The topological polar surface area (TPSA) is 26.3 Å². The van der Waals surface area contributed by atoms with E-state index >= 15 is 0 Å². The van der Waals surface area contributed by atoms with Gasteiger partial charge in [0.2, 0.25) is 0 Å². The number of hydrogen-bond donors (Lipinski definition) is 0. The van der Waals surface area contributed by atoms with E-state index in [4.69, 9.17) is 4.74 Å². The standard InChI is InChI=1S/C18H18O2S/c1-3-20-18(19)13-10-15-6-4-5-7-17(15)21-16-11-8-14(2)9-12-16/h4-13H,3H2,1-2H3/b13-10+. The van der Waals surface area contributed by atoms with Crippen molar-refractivity contribution in [2.24, 2.45) is 0 Å². The van der Waals surface area contributed by atoms with Crippen LogP contribution in [0.25, 0.3) is 6.08 Å². The van der Waals surface area contributed by atoms with Gasteiger partial charge in [0.1, 0.15) is 0 Å². The first kappa shape index (κ1) is 15.4. The smallest absolute Gasteiger partial charge is 0.330 e. The molecule has 0 aliphatic rings. The van der Waals surface area contributed by atoms with E-state index in [0.29, 0.717) is 6.61 Å². The quantitative estimate of drug-likeness (QED) is 0.590. The summed E-state index contributed by atoms with van der Waals surface area (Å²) in [5.41, 5.74) is 2.26. The molecule has 0 amide bonds. The van der Waals surface area contributed by atoms with Crippen molar-refractivity contribution in [3.8, 4) is 0 Å². The lowest BCUT2D eigenvalue weighted by atomic mass is 10.2. The summed E-state index contributed by atoms with van der Waals surface area (Å²) in [6.07, 6.45) is 3.27. The second-order valence-electron chi connectivity index (χ2n) is 4.54. The summed E-state index contributed by atoms with van der Waals surface area (Å²) in [6.45, 7) is 4.26. The molecule has 3 heteroatoms. The molecule has 0 unspecified atom stereocenters. The van der Waals surface area contributed by atoms with E-state index < -0.39 is 0 Å². The van der Waals surface area contributed by atoms with Gasteiger partial charge in [0.15, 0.2) is 0 Å². The van der Waals surface area contributed by atoms with Crippen LogP contribution < -0.4 is 0 Å². The Bertz CT molecular complexity index is 630. The van der Waals surface area contributed by atoms with Gasteiger partial charge in [0, 0.05) is 15.9 Å². The summed E-state index contributed by atoms with van der Waals surface area (Å²) in [5, 5.41) is 0. The maximum absolute atomic E-state index is 11.4. The fourth-order valence-electron chi connectivity index (χ4n) is 1.79. The van der Waals surface area contributed by atoms with Gasteiger partial charge < -0.3 is 4.74 Å². The van der Waals surface area contributed by atoms with Gasteiger partial charge in [-0.3, -0.25) is 0 Å². The molecule has 0 heterocycles. The highest BCUT2D eigenvalue weighted by molar-refractivity contribution is 7.99. The molecule has 2 aromatic carbocycles. The molecule has 0 bridgehead atoms. The zero-order valence-electron chi connectivity index (χ0n) is 12.2. The minimum absolute atomic E-state index is 0.312. The molecule has 0 spiro atoms. The molecule has 0 aromatic heterocycles. The summed E-state index contributed by atoms with van der Waals surface area (Å²) in [6, 6.07) is 16.4. The highest BCUT2D eigenvalue weighted by Crippen LogP contribution is 2.31. The van der Waals surface area contributed by atoms with E-state index in [0.717, 1.165) is 10.5 Å². The lowest BCUT2D eigenvalue weighted by Gasteiger charge is -2.06. The van der Waals surface area contributed by atoms with Crippen molar-refractivity contribution in [2.75, 3.05) is 6.61 Å². The fraction of sp³-hybridized carbons (Fsp3) is 0.167. The molecule has 2 aromatic rings. The summed E-state index contributed by atoms with van der Waals surface area (Å²) in [5.74, 6) is -0.312. The maximum atomic E-state index is 11.4. The third kappa shape index (κ3) is 4.80. The van der Waals surface area contributed by atoms with Crippen LogP contribution in [-0.4, -0.2) is 12.6 Å². The average Bonchev–Trinajstić information content (AvgIpc) is 2.49. The molecule has 0 aliphatic heterocycles. The van der Waals surface area contributed by atoms with Crippen LogP contribution >= 0.6 is 11.8 Å². The number of hydrogen-bond acceptors (Lipinski definition) is 3. The Morgan fingerprint density at radius 1 is 1.14 bits per heavy atom. The van der Waals surface area contributed by atoms with Crippen molar-refractivity contribution in [3.63, 3.8) is 0 Å². The molecule has 0 saturated heterocycles. The number of rotatable bonds is 5. The number of benzene rings is 2. The Balaban J connectivity index is 2.16. The average molecular weight is 298 g/mol. The Labute approximate surface area is 129 Å². The van der Waals surface area contributed by atoms with Gasteiger partial charge in [-0.2, -0.15) is 0 Å². The summed E-state index contributed by atoms with van der Waals surface area (Å²) in [7, 11) is 0. The molecule has 108 valence electrons. The summed E-state index contributed by atoms with van der Waals surface area (Å²) >= 11 is 1.68. The maximum Gasteiger partial charge on any atom is 0.330 e. The molecule has 2 nitrogen and oxygen atoms in total. The van der Waals surface area contributed by atoms with Gasteiger partial charge >= 0.3 is 5.97 Å². The zero-order valence-corrected chi connectivity index (χ0v) is 13.0. The van der Waals surface area contributed by atoms with E-state index in [1.54, 1.807) is 24.8 Å². The largest absolute Gasteiger partial charge is 0.463 e. The molecule has 0 radical (unpaired) electrons. The van der Waals surface area contributed by atoms with Crippen molar-refractivity contribution in [1.29, 1.82) is 0 Å². The Kier molecular flexibility index (Phi) is 5.64. The monoisotopic (exact) mass is 298 g/mol. The highest BCUT2D eigenvalue weighted by Gasteiger charge is 2.02. The van der Waals surface area contributed by atoms with Crippen molar-refractivity contribution in [2.45, 2.75) is 23.6 Å². The third-order valence-electron chi connectivity index (χ3n) is 2.85. The number of ether oxygens (including phenoxy) is 1. The van der Waals surface area contributed by atoms with Crippen molar-refractivity contribution in [3.05, 3.63) is 65.7 Å². The number of aryl methyl sites for hydroxylation is 1. The molecule has 0 saturated carbocycles. The minimum Gasteiger partial charge on any atom is -0.463 e. The van der Waals surface area contributed by atoms with Crippen LogP contribution in [0.3, 0.4) is 0 Å². The SMILES string of the molecule is CCOC(=O)/C=C/c1ccccc1Sc1ccc(C)cc1. The number of esters is 1. The normalized spacial score (nSPS) is 10.8. The minimum atomic E-state index is -0.312. The Hall–Kier alpha value is -2.00. The highest BCUT2D eigenvalue weighted by atomic mass is 32.2. The molecule has 0 atom stereocenters. The van der Waals surface area contributed by atoms with E-state index in [1.807, 2.05) is 18.2 Å². The predicted octanol–water partition coefficient (Wildman–Crippen LogP) is 4.72. The lowest BCUT2D eigenvalue weighted by molar-refractivity contribution is -0.137. The van der Waals surface area contributed by atoms with Gasteiger partial charge in [-0.1, -0.05) is 47.7 Å². The van der Waals surface area contributed by atoms with Crippen molar-refractivity contribution >= 4 is 23.8 Å². The number of carbonyl (C=O) groups excluding carboxylic acids is 1. The fourth-order valence-corrected chi connectivity index (χ4v) is 2.72. The third-order valence-corrected chi connectivity index (χ3v) is 3.95. The van der Waals surface area contributed by atoms with Crippen LogP contribution in [0.1, 0.15) is 18.1 Å². The van der Waals surface area contributed by atoms with Crippen LogP contribution in [-0.2, 0) is 9.53 Å². The number of carbonyl (C=O) groups is 1. The molecular weight excluding hydrogens is 280 g/mol. The predicted molar refractivity (Wildman–Crippen MR) is 87.4 cm³/mol. The van der Waals surface area contributed by atoms with Gasteiger partial charge in [-0.25, -0.2) is 4.79 Å². The van der Waals surface area contributed by atoms with Crippen molar-refractivity contribution < 1.29 is 9.53 Å². The summed E-state index contributed by atoms with van der Waals surface area (Å²) < 4.78 is 4.90. The Morgan fingerprint density at radius 3 is 2.57 bits per heavy atom. The van der Waals surface area contributed by atoms with Crippen LogP contribution in [0, 0.1) is 6.92 Å². The first-order valence-corrected chi connectivity index (χ1v) is 7.69. The molecule has 2 rings (SSSR count). The molecular formula is C18H18O2S. The van der Waals surface area contributed by atoms with Crippen LogP contribution in [0.4, 0.5) is 0 Å². The van der Waals surface area contributed by atoms with Crippen LogP contribution in [0.5, 0.6) is 0 Å². The first-order valence-electron chi connectivity index (χ1n) is 6.87. The van der Waals surface area contributed by atoms with Crippen molar-refractivity contribution in [1.82, 2.24) is 0 Å². The van der Waals surface area contributed by atoms with Gasteiger partial charge in [0.05, 0.1) is 6.61 Å². The summed E-state index contributed by atoms with van der Waals surface area (Å²) in [4.78, 5) is 13.7. The first-order chi connectivity index (χ1) is 10.2. The van der Waals surface area contributed by atoms with E-state index in [-0.39, 0.29) is 5.97 Å². The molecule has 0 fully saturated rings. The second-order valence-corrected chi connectivity index (χ2v) is 5.65. The molecule has 0 N–H and O–H groups in total. The van der Waals surface area contributed by atoms with E-state index in [2.05, 4.69) is 37.3 Å². The van der Waals surface area contributed by atoms with Crippen LogP contribution in [0.15, 0.2) is 64.4 Å². The van der Waals surface area contributed by atoms with Crippen LogP contribution in [0.2, 0.25) is 0 Å². The van der Waals surface area contributed by atoms with Gasteiger partial charge in [-0.15, -0.1) is 0 Å². The molecule has 0 aliphatic carbocycles. The molecule has 21 heavy (non-hydrogen) atoms. The second kappa shape index (κ2) is 7.70. The lowest BCUT2D eigenvalue weighted by Crippen LogP contribution is -1.98. The van der Waals surface area contributed by atoms with E-state index in [9.17, 15) is 4.79 Å². The van der Waals surface area contributed by atoms with Gasteiger partial charge in [0.25, 0.3) is 0 Å². The van der Waals surface area contributed by atoms with E-state index in [1.165, 1.54) is 16.5 Å². The Morgan fingerprint density at radius 2 is 1.86 bits per heavy atom. The zero-order chi connectivity index (χ0) is 15.1.